The Hall–Kier alpha value is -2.28. The van der Waals surface area contributed by atoms with Crippen molar-refractivity contribution in [1.82, 2.24) is 19.8 Å². The van der Waals surface area contributed by atoms with E-state index in [1.54, 1.807) is 6.20 Å². The number of carbonyl (C=O) groups excluding carboxylic acids is 2. The normalized spacial score (nSPS) is 16.7. The standard InChI is InChI=1S/C22H30N4O2S/c1-4-9-23-21(28)18-6-5-11-25(14-18)20(27)15-29-22-24-10-12-26(22)19-13-16(2)7-8-17(19)3/h7-8,10,12-13,18H,4-6,9,11,14-15H2,1-3H3,(H,23,28). The van der Waals surface area contributed by atoms with Gasteiger partial charge in [-0.1, -0.05) is 30.8 Å². The second-order valence-corrected chi connectivity index (χ2v) is 8.57. The first-order valence-corrected chi connectivity index (χ1v) is 11.3. The Morgan fingerprint density at radius 3 is 2.93 bits per heavy atom. The molecule has 2 heterocycles. The number of hydrogen-bond acceptors (Lipinski definition) is 4. The predicted molar refractivity (Wildman–Crippen MR) is 116 cm³/mol. The molecule has 2 amide bonds. The van der Waals surface area contributed by atoms with Crippen LogP contribution in [0.1, 0.15) is 37.3 Å². The quantitative estimate of drug-likeness (QED) is 0.706. The summed E-state index contributed by atoms with van der Waals surface area (Å²) in [5.41, 5.74) is 3.44. The third-order valence-corrected chi connectivity index (χ3v) is 6.20. The molecule has 1 fully saturated rings. The summed E-state index contributed by atoms with van der Waals surface area (Å²) >= 11 is 1.45. The second kappa shape index (κ2) is 9.96. The smallest absolute Gasteiger partial charge is 0.233 e. The van der Waals surface area contributed by atoms with E-state index in [1.165, 1.54) is 22.9 Å². The zero-order valence-corrected chi connectivity index (χ0v) is 18.3. The molecule has 7 heteroatoms. The maximum absolute atomic E-state index is 12.8. The van der Waals surface area contributed by atoms with Crippen LogP contribution in [0.5, 0.6) is 0 Å². The Morgan fingerprint density at radius 2 is 2.14 bits per heavy atom. The number of piperidine rings is 1. The van der Waals surface area contributed by atoms with Crippen LogP contribution in [0.25, 0.3) is 5.69 Å². The van der Waals surface area contributed by atoms with E-state index in [0.717, 1.165) is 36.7 Å². The van der Waals surface area contributed by atoms with Crippen LogP contribution in [0.15, 0.2) is 35.7 Å². The Balaban J connectivity index is 1.61. The number of hydrogen-bond donors (Lipinski definition) is 1. The second-order valence-electron chi connectivity index (χ2n) is 7.63. The number of aryl methyl sites for hydroxylation is 2. The van der Waals surface area contributed by atoms with Crippen molar-refractivity contribution in [1.29, 1.82) is 0 Å². The zero-order valence-electron chi connectivity index (χ0n) is 17.5. The van der Waals surface area contributed by atoms with Crippen LogP contribution in [0.2, 0.25) is 0 Å². The number of imidazole rings is 1. The highest BCUT2D eigenvalue weighted by Crippen LogP contribution is 2.25. The van der Waals surface area contributed by atoms with Crippen molar-refractivity contribution in [3.05, 3.63) is 41.7 Å². The number of aromatic nitrogens is 2. The van der Waals surface area contributed by atoms with E-state index in [2.05, 4.69) is 42.3 Å². The van der Waals surface area contributed by atoms with E-state index < -0.39 is 0 Å². The molecule has 0 aliphatic carbocycles. The molecule has 6 nitrogen and oxygen atoms in total. The summed E-state index contributed by atoms with van der Waals surface area (Å²) in [6, 6.07) is 6.32. The number of benzene rings is 1. The average molecular weight is 415 g/mol. The van der Waals surface area contributed by atoms with E-state index in [0.29, 0.717) is 18.8 Å². The van der Waals surface area contributed by atoms with Gasteiger partial charge in [0.2, 0.25) is 11.8 Å². The van der Waals surface area contributed by atoms with Gasteiger partial charge in [-0.3, -0.25) is 14.2 Å². The van der Waals surface area contributed by atoms with Gasteiger partial charge in [-0.2, -0.15) is 0 Å². The van der Waals surface area contributed by atoms with E-state index in [1.807, 2.05) is 22.6 Å². The van der Waals surface area contributed by atoms with Gasteiger partial charge in [0.15, 0.2) is 5.16 Å². The topological polar surface area (TPSA) is 67.2 Å². The molecule has 1 aromatic heterocycles. The first-order valence-electron chi connectivity index (χ1n) is 10.3. The molecule has 1 aromatic carbocycles. The number of carbonyl (C=O) groups is 2. The minimum atomic E-state index is -0.0961. The minimum Gasteiger partial charge on any atom is -0.356 e. The molecule has 3 rings (SSSR count). The summed E-state index contributed by atoms with van der Waals surface area (Å²) in [5, 5.41) is 3.76. The third kappa shape index (κ3) is 5.41. The van der Waals surface area contributed by atoms with E-state index >= 15 is 0 Å². The highest BCUT2D eigenvalue weighted by Gasteiger charge is 2.28. The Bertz CT molecular complexity index is 864. The van der Waals surface area contributed by atoms with Crippen molar-refractivity contribution in [2.45, 2.75) is 45.2 Å². The SMILES string of the molecule is CCCNC(=O)C1CCCN(C(=O)CSc2nccn2-c2cc(C)ccc2C)C1. The molecule has 156 valence electrons. The molecule has 1 aliphatic rings. The first kappa shape index (κ1) is 21.4. The third-order valence-electron chi connectivity index (χ3n) is 5.25. The zero-order chi connectivity index (χ0) is 20.8. The van der Waals surface area contributed by atoms with Crippen molar-refractivity contribution in [3.63, 3.8) is 0 Å². The van der Waals surface area contributed by atoms with E-state index in [4.69, 9.17) is 0 Å². The van der Waals surface area contributed by atoms with Crippen molar-refractivity contribution >= 4 is 23.6 Å². The fraction of sp³-hybridized carbons (Fsp3) is 0.500. The summed E-state index contributed by atoms with van der Waals surface area (Å²) < 4.78 is 2.04. The Morgan fingerprint density at radius 1 is 1.31 bits per heavy atom. The highest BCUT2D eigenvalue weighted by molar-refractivity contribution is 7.99. The summed E-state index contributed by atoms with van der Waals surface area (Å²) in [6.07, 6.45) is 6.35. The first-order chi connectivity index (χ1) is 14.0. The number of rotatable bonds is 7. The maximum atomic E-state index is 12.8. The molecule has 2 aromatic rings. The molecule has 0 bridgehead atoms. The van der Waals surface area contributed by atoms with Crippen molar-refractivity contribution in [2.75, 3.05) is 25.4 Å². The number of amides is 2. The van der Waals surface area contributed by atoms with Crippen LogP contribution in [-0.4, -0.2) is 51.7 Å². The van der Waals surface area contributed by atoms with Gasteiger partial charge < -0.3 is 10.2 Å². The molecule has 0 saturated carbocycles. The van der Waals surface area contributed by atoms with Gasteiger partial charge in [0.05, 0.1) is 17.4 Å². The Labute approximate surface area is 177 Å². The van der Waals surface area contributed by atoms with Gasteiger partial charge in [0.25, 0.3) is 0 Å². The molecule has 0 radical (unpaired) electrons. The minimum absolute atomic E-state index is 0.0681. The maximum Gasteiger partial charge on any atom is 0.233 e. The van der Waals surface area contributed by atoms with Gasteiger partial charge in [-0.25, -0.2) is 4.98 Å². The summed E-state index contributed by atoms with van der Waals surface area (Å²) in [4.78, 5) is 31.3. The molecule has 1 unspecified atom stereocenters. The van der Waals surface area contributed by atoms with E-state index in [9.17, 15) is 9.59 Å². The van der Waals surface area contributed by atoms with Crippen LogP contribution in [0.4, 0.5) is 0 Å². The van der Waals surface area contributed by atoms with Gasteiger partial charge in [0, 0.05) is 32.0 Å². The monoisotopic (exact) mass is 414 g/mol. The molecule has 29 heavy (non-hydrogen) atoms. The largest absolute Gasteiger partial charge is 0.356 e. The van der Waals surface area contributed by atoms with Crippen molar-refractivity contribution in [2.24, 2.45) is 5.92 Å². The van der Waals surface area contributed by atoms with Crippen LogP contribution >= 0.6 is 11.8 Å². The van der Waals surface area contributed by atoms with Crippen LogP contribution in [-0.2, 0) is 9.59 Å². The van der Waals surface area contributed by atoms with Gasteiger partial charge in [-0.05, 0) is 50.3 Å². The lowest BCUT2D eigenvalue weighted by Crippen LogP contribution is -2.46. The van der Waals surface area contributed by atoms with Crippen LogP contribution < -0.4 is 5.32 Å². The molecular formula is C22H30N4O2S. The fourth-order valence-corrected chi connectivity index (χ4v) is 4.46. The predicted octanol–water partition coefficient (Wildman–Crippen LogP) is 3.35. The van der Waals surface area contributed by atoms with Crippen molar-refractivity contribution in [3.8, 4) is 5.69 Å². The lowest BCUT2D eigenvalue weighted by atomic mass is 9.97. The average Bonchev–Trinajstić information content (AvgIpc) is 3.20. The molecule has 1 atom stereocenters. The van der Waals surface area contributed by atoms with Crippen LogP contribution in [0, 0.1) is 19.8 Å². The molecule has 0 spiro atoms. The van der Waals surface area contributed by atoms with Gasteiger partial charge in [0.1, 0.15) is 0 Å². The van der Waals surface area contributed by atoms with Gasteiger partial charge >= 0.3 is 0 Å². The van der Waals surface area contributed by atoms with Gasteiger partial charge in [-0.15, -0.1) is 0 Å². The van der Waals surface area contributed by atoms with Crippen molar-refractivity contribution < 1.29 is 9.59 Å². The number of likely N-dealkylation sites (tertiary alicyclic amines) is 1. The molecular weight excluding hydrogens is 384 g/mol. The molecule has 1 saturated heterocycles. The molecule has 1 aliphatic heterocycles. The molecule has 1 N–H and O–H groups in total. The Kier molecular flexibility index (Phi) is 7.36. The fourth-order valence-electron chi connectivity index (χ4n) is 3.59. The summed E-state index contributed by atoms with van der Waals surface area (Å²) in [5.74, 6) is 0.368. The number of thioether (sulfide) groups is 1. The number of nitrogens with zero attached hydrogens (tertiary/aromatic N) is 3. The van der Waals surface area contributed by atoms with E-state index in [-0.39, 0.29) is 17.7 Å². The van der Waals surface area contributed by atoms with Crippen LogP contribution in [0.3, 0.4) is 0 Å². The lowest BCUT2D eigenvalue weighted by molar-refractivity contribution is -0.133. The summed E-state index contributed by atoms with van der Waals surface area (Å²) in [7, 11) is 0. The highest BCUT2D eigenvalue weighted by atomic mass is 32.2. The lowest BCUT2D eigenvalue weighted by Gasteiger charge is -2.32. The number of nitrogens with one attached hydrogen (secondary N) is 1. The summed E-state index contributed by atoms with van der Waals surface area (Å²) in [6.45, 7) is 8.12.